The molecule has 2 nitrogen and oxygen atoms in total. The van der Waals surface area contributed by atoms with Crippen LogP contribution in [0.2, 0.25) is 0 Å². The predicted octanol–water partition coefficient (Wildman–Crippen LogP) is 3.63. The highest BCUT2D eigenvalue weighted by atomic mass is 32.2. The number of nitrogens with zero attached hydrogens (tertiary/aromatic N) is 1. The summed E-state index contributed by atoms with van der Waals surface area (Å²) < 4.78 is 0. The first kappa shape index (κ1) is 11.9. The maximum Gasteiger partial charge on any atom is 0.224 e. The van der Waals surface area contributed by atoms with Crippen molar-refractivity contribution >= 4 is 16.9 Å². The van der Waals surface area contributed by atoms with E-state index in [2.05, 4.69) is 4.98 Å². The SMILES string of the molecule is Cc1ccc(SC(=O)c2ccccc2)c(C)n1. The average Bonchev–Trinajstić information content (AvgIpc) is 2.34. The minimum absolute atomic E-state index is 0.0550. The van der Waals surface area contributed by atoms with E-state index in [1.54, 1.807) is 0 Å². The van der Waals surface area contributed by atoms with E-state index in [0.29, 0.717) is 0 Å². The molecule has 0 radical (unpaired) electrons. The molecule has 17 heavy (non-hydrogen) atoms. The number of carbonyl (C=O) groups is 1. The van der Waals surface area contributed by atoms with Crippen molar-refractivity contribution in [2.45, 2.75) is 18.7 Å². The van der Waals surface area contributed by atoms with Crippen molar-refractivity contribution < 1.29 is 4.79 Å². The Morgan fingerprint density at radius 1 is 1.06 bits per heavy atom. The van der Waals surface area contributed by atoms with Crippen LogP contribution >= 0.6 is 11.8 Å². The van der Waals surface area contributed by atoms with Crippen LogP contribution in [-0.4, -0.2) is 10.1 Å². The minimum atomic E-state index is 0.0550. The van der Waals surface area contributed by atoms with Crippen LogP contribution < -0.4 is 0 Å². The second kappa shape index (κ2) is 5.15. The monoisotopic (exact) mass is 243 g/mol. The molecular weight excluding hydrogens is 230 g/mol. The van der Waals surface area contributed by atoms with E-state index in [1.165, 1.54) is 11.8 Å². The van der Waals surface area contributed by atoms with Gasteiger partial charge in [-0.1, -0.05) is 30.3 Å². The van der Waals surface area contributed by atoms with Crippen molar-refractivity contribution in [3.05, 3.63) is 59.4 Å². The molecule has 0 aliphatic rings. The zero-order valence-corrected chi connectivity index (χ0v) is 10.6. The number of benzene rings is 1. The molecule has 1 heterocycles. The quantitative estimate of drug-likeness (QED) is 0.754. The van der Waals surface area contributed by atoms with Gasteiger partial charge in [0.25, 0.3) is 0 Å². The highest BCUT2D eigenvalue weighted by Gasteiger charge is 2.09. The fourth-order valence-corrected chi connectivity index (χ4v) is 2.30. The molecule has 1 aromatic carbocycles. The van der Waals surface area contributed by atoms with E-state index in [9.17, 15) is 4.79 Å². The van der Waals surface area contributed by atoms with Gasteiger partial charge in [0, 0.05) is 16.2 Å². The molecule has 0 saturated heterocycles. The molecule has 0 unspecified atom stereocenters. The highest BCUT2D eigenvalue weighted by Crippen LogP contribution is 2.25. The first-order valence-electron chi connectivity index (χ1n) is 5.38. The summed E-state index contributed by atoms with van der Waals surface area (Å²) in [5.74, 6) is 0. The van der Waals surface area contributed by atoms with Gasteiger partial charge in [-0.3, -0.25) is 9.78 Å². The third-order valence-corrected chi connectivity index (χ3v) is 3.46. The Balaban J connectivity index is 2.19. The van der Waals surface area contributed by atoms with Crippen molar-refractivity contribution in [1.82, 2.24) is 4.98 Å². The molecule has 3 heteroatoms. The van der Waals surface area contributed by atoms with Crippen molar-refractivity contribution in [3.8, 4) is 0 Å². The molecule has 2 aromatic rings. The molecule has 0 atom stereocenters. The smallest absolute Gasteiger partial charge is 0.224 e. The van der Waals surface area contributed by atoms with Crippen LogP contribution in [0.25, 0.3) is 0 Å². The van der Waals surface area contributed by atoms with E-state index in [1.807, 2.05) is 56.3 Å². The second-order valence-electron chi connectivity index (χ2n) is 3.79. The first-order valence-corrected chi connectivity index (χ1v) is 6.20. The highest BCUT2D eigenvalue weighted by molar-refractivity contribution is 8.14. The Morgan fingerprint density at radius 3 is 2.41 bits per heavy atom. The lowest BCUT2D eigenvalue weighted by atomic mass is 10.2. The third-order valence-electron chi connectivity index (χ3n) is 2.39. The first-order chi connectivity index (χ1) is 8.16. The van der Waals surface area contributed by atoms with Gasteiger partial charge in [-0.2, -0.15) is 0 Å². The number of hydrogen-bond acceptors (Lipinski definition) is 3. The third kappa shape index (κ3) is 2.94. The number of aryl methyl sites for hydroxylation is 2. The van der Waals surface area contributed by atoms with Gasteiger partial charge >= 0.3 is 0 Å². The van der Waals surface area contributed by atoms with E-state index >= 15 is 0 Å². The standard InChI is InChI=1S/C14H13NOS/c1-10-8-9-13(11(2)15-10)17-14(16)12-6-4-3-5-7-12/h3-9H,1-2H3. The fourth-order valence-electron chi connectivity index (χ4n) is 1.51. The van der Waals surface area contributed by atoms with Gasteiger partial charge in [0.2, 0.25) is 5.12 Å². The molecule has 0 aliphatic carbocycles. The number of carbonyl (C=O) groups excluding carboxylic acids is 1. The van der Waals surface area contributed by atoms with Crippen LogP contribution in [0.1, 0.15) is 21.7 Å². The summed E-state index contributed by atoms with van der Waals surface area (Å²) >= 11 is 1.23. The average molecular weight is 243 g/mol. The molecule has 0 aliphatic heterocycles. The molecular formula is C14H13NOS. The Hall–Kier alpha value is -1.61. The van der Waals surface area contributed by atoms with Crippen LogP contribution in [-0.2, 0) is 0 Å². The molecule has 0 bridgehead atoms. The Morgan fingerprint density at radius 2 is 1.76 bits per heavy atom. The number of hydrogen-bond donors (Lipinski definition) is 0. The maximum absolute atomic E-state index is 12.0. The molecule has 0 amide bonds. The Kier molecular flexibility index (Phi) is 3.59. The van der Waals surface area contributed by atoms with Crippen LogP contribution in [0.15, 0.2) is 47.4 Å². The lowest BCUT2D eigenvalue weighted by Crippen LogP contribution is -1.95. The predicted molar refractivity (Wildman–Crippen MR) is 70.3 cm³/mol. The van der Waals surface area contributed by atoms with Gasteiger partial charge in [-0.25, -0.2) is 0 Å². The van der Waals surface area contributed by atoms with Crippen molar-refractivity contribution in [2.24, 2.45) is 0 Å². The molecule has 0 spiro atoms. The lowest BCUT2D eigenvalue weighted by Gasteiger charge is -2.04. The fraction of sp³-hybridized carbons (Fsp3) is 0.143. The second-order valence-corrected chi connectivity index (χ2v) is 4.81. The van der Waals surface area contributed by atoms with E-state index in [0.717, 1.165) is 21.8 Å². The molecule has 86 valence electrons. The van der Waals surface area contributed by atoms with Gasteiger partial charge in [0.15, 0.2) is 0 Å². The topological polar surface area (TPSA) is 30.0 Å². The van der Waals surface area contributed by atoms with Gasteiger partial charge in [-0.05, 0) is 37.7 Å². The van der Waals surface area contributed by atoms with Gasteiger partial charge in [0.1, 0.15) is 0 Å². The Labute approximate surface area is 105 Å². The summed E-state index contributed by atoms with van der Waals surface area (Å²) in [5.41, 5.74) is 2.59. The van der Waals surface area contributed by atoms with Crippen LogP contribution in [0.3, 0.4) is 0 Å². The van der Waals surface area contributed by atoms with Crippen LogP contribution in [0.4, 0.5) is 0 Å². The lowest BCUT2D eigenvalue weighted by molar-refractivity contribution is 0.108. The zero-order valence-electron chi connectivity index (χ0n) is 9.81. The van der Waals surface area contributed by atoms with Crippen molar-refractivity contribution in [3.63, 3.8) is 0 Å². The molecule has 1 aromatic heterocycles. The van der Waals surface area contributed by atoms with Gasteiger partial charge in [0.05, 0.1) is 5.69 Å². The van der Waals surface area contributed by atoms with Gasteiger partial charge in [-0.15, -0.1) is 0 Å². The van der Waals surface area contributed by atoms with E-state index in [-0.39, 0.29) is 5.12 Å². The van der Waals surface area contributed by atoms with Crippen molar-refractivity contribution in [1.29, 1.82) is 0 Å². The maximum atomic E-state index is 12.0. The minimum Gasteiger partial charge on any atom is -0.281 e. The molecule has 0 saturated carbocycles. The summed E-state index contributed by atoms with van der Waals surface area (Å²) in [7, 11) is 0. The zero-order chi connectivity index (χ0) is 12.3. The molecule has 0 N–H and O–H groups in total. The van der Waals surface area contributed by atoms with Gasteiger partial charge < -0.3 is 0 Å². The normalized spacial score (nSPS) is 10.2. The Bertz CT molecular complexity index is 537. The summed E-state index contributed by atoms with van der Waals surface area (Å²) in [6, 6.07) is 13.2. The summed E-state index contributed by atoms with van der Waals surface area (Å²) in [6.45, 7) is 3.87. The van der Waals surface area contributed by atoms with Crippen LogP contribution in [0, 0.1) is 13.8 Å². The molecule has 0 fully saturated rings. The summed E-state index contributed by atoms with van der Waals surface area (Å²) in [4.78, 5) is 17.3. The van der Waals surface area contributed by atoms with Crippen LogP contribution in [0.5, 0.6) is 0 Å². The number of aromatic nitrogens is 1. The molecule has 2 rings (SSSR count). The number of thioether (sulfide) groups is 1. The van der Waals surface area contributed by atoms with E-state index in [4.69, 9.17) is 0 Å². The van der Waals surface area contributed by atoms with E-state index < -0.39 is 0 Å². The number of pyridine rings is 1. The summed E-state index contributed by atoms with van der Waals surface area (Å²) in [6.07, 6.45) is 0. The number of rotatable bonds is 2. The van der Waals surface area contributed by atoms with Crippen molar-refractivity contribution in [2.75, 3.05) is 0 Å². The summed E-state index contributed by atoms with van der Waals surface area (Å²) in [5, 5.41) is 0.0550. The largest absolute Gasteiger partial charge is 0.281 e.